The number of aliphatic carboxylic acids is 1. The van der Waals surface area contributed by atoms with Crippen molar-refractivity contribution in [3.8, 4) is 0 Å². The highest BCUT2D eigenvalue weighted by atomic mass is 16.4. The van der Waals surface area contributed by atoms with Gasteiger partial charge in [0, 0.05) is 18.9 Å². The van der Waals surface area contributed by atoms with E-state index in [4.69, 9.17) is 0 Å². The van der Waals surface area contributed by atoms with E-state index in [1.165, 1.54) is 5.56 Å². The fourth-order valence-corrected chi connectivity index (χ4v) is 2.94. The number of carbonyl (C=O) groups is 1. The molecule has 1 aliphatic rings. The van der Waals surface area contributed by atoms with E-state index in [0.29, 0.717) is 0 Å². The largest absolute Gasteiger partial charge is 0.481 e. The monoisotopic (exact) mass is 262 g/mol. The molecule has 4 heteroatoms. The van der Waals surface area contributed by atoms with E-state index in [0.717, 1.165) is 45.3 Å². The summed E-state index contributed by atoms with van der Waals surface area (Å²) in [4.78, 5) is 17.9. The molecule has 19 heavy (non-hydrogen) atoms. The lowest BCUT2D eigenvalue weighted by atomic mass is 9.75. The number of hydrogen-bond donors (Lipinski definition) is 1. The predicted molar refractivity (Wildman–Crippen MR) is 73.7 cm³/mol. The molecule has 0 aromatic carbocycles. The topological polar surface area (TPSA) is 53.4 Å². The molecule has 0 saturated carbocycles. The quantitative estimate of drug-likeness (QED) is 0.886. The van der Waals surface area contributed by atoms with Crippen LogP contribution in [0.3, 0.4) is 0 Å². The van der Waals surface area contributed by atoms with Gasteiger partial charge in [-0.15, -0.1) is 0 Å². The van der Waals surface area contributed by atoms with Gasteiger partial charge in [-0.05, 0) is 44.0 Å². The first-order valence-corrected chi connectivity index (χ1v) is 7.01. The maximum absolute atomic E-state index is 11.5. The summed E-state index contributed by atoms with van der Waals surface area (Å²) < 4.78 is 0. The van der Waals surface area contributed by atoms with Crippen molar-refractivity contribution in [2.24, 2.45) is 5.41 Å². The second-order valence-corrected chi connectivity index (χ2v) is 5.47. The number of hydrogen-bond acceptors (Lipinski definition) is 3. The standard InChI is InChI=1S/C15H22N2O2/c1-2-5-15(14(18)19)6-9-17(10-7-15)12-13-4-3-8-16-11-13/h3-4,8,11H,2,5-7,9-10,12H2,1H3,(H,18,19). The Bertz CT molecular complexity index is 411. The molecular formula is C15H22N2O2. The number of carboxylic acid groups (broad SMARTS) is 1. The first-order chi connectivity index (χ1) is 9.16. The van der Waals surface area contributed by atoms with E-state index >= 15 is 0 Å². The molecule has 2 rings (SSSR count). The van der Waals surface area contributed by atoms with Gasteiger partial charge in [0.25, 0.3) is 0 Å². The lowest BCUT2D eigenvalue weighted by Gasteiger charge is -2.38. The van der Waals surface area contributed by atoms with Crippen molar-refractivity contribution in [2.75, 3.05) is 13.1 Å². The van der Waals surface area contributed by atoms with Crippen LogP contribution in [0.25, 0.3) is 0 Å². The summed E-state index contributed by atoms with van der Waals surface area (Å²) in [6, 6.07) is 4.01. The van der Waals surface area contributed by atoms with E-state index in [2.05, 4.69) is 22.9 Å². The number of nitrogens with zero attached hydrogens (tertiary/aromatic N) is 2. The van der Waals surface area contributed by atoms with Gasteiger partial charge in [-0.2, -0.15) is 0 Å². The molecule has 0 radical (unpaired) electrons. The minimum Gasteiger partial charge on any atom is -0.481 e. The molecule has 0 unspecified atom stereocenters. The summed E-state index contributed by atoms with van der Waals surface area (Å²) in [6.07, 6.45) is 6.91. The summed E-state index contributed by atoms with van der Waals surface area (Å²) in [7, 11) is 0. The van der Waals surface area contributed by atoms with Crippen molar-refractivity contribution < 1.29 is 9.90 Å². The first-order valence-electron chi connectivity index (χ1n) is 7.01. The molecule has 2 heterocycles. The number of likely N-dealkylation sites (tertiary alicyclic amines) is 1. The normalized spacial score (nSPS) is 19.2. The maximum atomic E-state index is 11.5. The third-order valence-electron chi connectivity index (χ3n) is 4.12. The average Bonchev–Trinajstić information content (AvgIpc) is 2.42. The van der Waals surface area contributed by atoms with Crippen LogP contribution in [-0.2, 0) is 11.3 Å². The van der Waals surface area contributed by atoms with Gasteiger partial charge in [-0.25, -0.2) is 0 Å². The van der Waals surface area contributed by atoms with Crippen LogP contribution >= 0.6 is 0 Å². The Morgan fingerprint density at radius 1 is 1.47 bits per heavy atom. The zero-order valence-electron chi connectivity index (χ0n) is 11.5. The minimum atomic E-state index is -0.615. The summed E-state index contributed by atoms with van der Waals surface area (Å²) in [5.74, 6) is -0.615. The second kappa shape index (κ2) is 6.15. The van der Waals surface area contributed by atoms with Gasteiger partial charge in [0.15, 0.2) is 0 Å². The smallest absolute Gasteiger partial charge is 0.309 e. The molecule has 4 nitrogen and oxygen atoms in total. The van der Waals surface area contributed by atoms with Crippen LogP contribution in [0, 0.1) is 5.41 Å². The SMILES string of the molecule is CCCC1(C(=O)O)CCN(Cc2cccnc2)CC1. The Balaban J connectivity index is 1.93. The molecule has 1 aromatic heterocycles. The zero-order valence-corrected chi connectivity index (χ0v) is 11.5. The van der Waals surface area contributed by atoms with Crippen LogP contribution in [0.2, 0.25) is 0 Å². The number of aromatic nitrogens is 1. The molecule has 1 fully saturated rings. The number of pyridine rings is 1. The van der Waals surface area contributed by atoms with E-state index in [1.54, 1.807) is 6.20 Å². The van der Waals surface area contributed by atoms with Crippen molar-refractivity contribution >= 4 is 5.97 Å². The lowest BCUT2D eigenvalue weighted by Crippen LogP contribution is -2.44. The molecule has 0 aliphatic carbocycles. The predicted octanol–water partition coefficient (Wildman–Crippen LogP) is 2.55. The summed E-state index contributed by atoms with van der Waals surface area (Å²) in [5.41, 5.74) is 0.709. The van der Waals surface area contributed by atoms with E-state index in [-0.39, 0.29) is 0 Å². The van der Waals surface area contributed by atoms with Crippen LogP contribution < -0.4 is 0 Å². The number of piperidine rings is 1. The Labute approximate surface area is 114 Å². The van der Waals surface area contributed by atoms with Gasteiger partial charge in [0.1, 0.15) is 0 Å². The van der Waals surface area contributed by atoms with Crippen molar-refractivity contribution in [1.82, 2.24) is 9.88 Å². The van der Waals surface area contributed by atoms with Gasteiger partial charge >= 0.3 is 5.97 Å². The minimum absolute atomic E-state index is 0.486. The van der Waals surface area contributed by atoms with Crippen LogP contribution in [0.1, 0.15) is 38.2 Å². The van der Waals surface area contributed by atoms with Gasteiger partial charge in [-0.3, -0.25) is 14.7 Å². The molecular weight excluding hydrogens is 240 g/mol. The van der Waals surface area contributed by atoms with Gasteiger partial charge in [0.2, 0.25) is 0 Å². The van der Waals surface area contributed by atoms with E-state index in [9.17, 15) is 9.90 Å². The summed E-state index contributed by atoms with van der Waals surface area (Å²) >= 11 is 0. The average molecular weight is 262 g/mol. The molecule has 0 spiro atoms. The van der Waals surface area contributed by atoms with Crippen LogP contribution in [0.4, 0.5) is 0 Å². The Kier molecular flexibility index (Phi) is 4.53. The first kappa shape index (κ1) is 14.0. The Hall–Kier alpha value is -1.42. The Morgan fingerprint density at radius 3 is 2.74 bits per heavy atom. The highest BCUT2D eigenvalue weighted by molar-refractivity contribution is 5.74. The second-order valence-electron chi connectivity index (χ2n) is 5.47. The Morgan fingerprint density at radius 2 is 2.21 bits per heavy atom. The number of carboxylic acids is 1. The highest BCUT2D eigenvalue weighted by Crippen LogP contribution is 2.36. The lowest BCUT2D eigenvalue weighted by molar-refractivity contribution is -0.152. The molecule has 1 aliphatic heterocycles. The van der Waals surface area contributed by atoms with Crippen molar-refractivity contribution in [3.05, 3.63) is 30.1 Å². The van der Waals surface area contributed by atoms with Crippen molar-refractivity contribution in [2.45, 2.75) is 39.2 Å². The fraction of sp³-hybridized carbons (Fsp3) is 0.600. The molecule has 104 valence electrons. The van der Waals surface area contributed by atoms with Crippen LogP contribution in [0.15, 0.2) is 24.5 Å². The molecule has 0 amide bonds. The van der Waals surface area contributed by atoms with E-state index in [1.807, 2.05) is 12.3 Å². The third-order valence-corrected chi connectivity index (χ3v) is 4.12. The fourth-order valence-electron chi connectivity index (χ4n) is 2.94. The van der Waals surface area contributed by atoms with Crippen LogP contribution in [0.5, 0.6) is 0 Å². The molecule has 1 saturated heterocycles. The van der Waals surface area contributed by atoms with Gasteiger partial charge in [0.05, 0.1) is 5.41 Å². The van der Waals surface area contributed by atoms with E-state index < -0.39 is 11.4 Å². The summed E-state index contributed by atoms with van der Waals surface area (Å²) in [5, 5.41) is 9.47. The number of rotatable bonds is 5. The molecule has 1 aromatic rings. The third kappa shape index (κ3) is 3.32. The maximum Gasteiger partial charge on any atom is 0.309 e. The van der Waals surface area contributed by atoms with Gasteiger partial charge in [-0.1, -0.05) is 19.4 Å². The zero-order chi connectivity index (χ0) is 13.7. The van der Waals surface area contributed by atoms with Crippen molar-refractivity contribution in [3.63, 3.8) is 0 Å². The van der Waals surface area contributed by atoms with Crippen LogP contribution in [-0.4, -0.2) is 34.0 Å². The summed E-state index contributed by atoms with van der Waals surface area (Å²) in [6.45, 7) is 4.66. The molecule has 0 atom stereocenters. The highest BCUT2D eigenvalue weighted by Gasteiger charge is 2.40. The van der Waals surface area contributed by atoms with Gasteiger partial charge < -0.3 is 5.11 Å². The molecule has 1 N–H and O–H groups in total. The molecule has 0 bridgehead atoms. The van der Waals surface area contributed by atoms with Crippen molar-refractivity contribution in [1.29, 1.82) is 0 Å².